The number of hydrogen-bond donors (Lipinski definition) is 0. The molecule has 0 amide bonds. The van der Waals surface area contributed by atoms with Crippen molar-refractivity contribution in [2.24, 2.45) is 0 Å². The van der Waals surface area contributed by atoms with Crippen LogP contribution in [0.5, 0.6) is 0 Å². The number of pyridine rings is 1. The monoisotopic (exact) mass is 204 g/mol. The van der Waals surface area contributed by atoms with Crippen LogP contribution in [0, 0.1) is 18.3 Å². The molecule has 1 aromatic heterocycles. The Morgan fingerprint density at radius 2 is 2.33 bits per heavy atom. The number of rotatable bonds is 3. The number of hydrogen-bond acceptors (Lipinski definition) is 4. The molecule has 0 spiro atoms. The van der Waals surface area contributed by atoms with Crippen LogP contribution < -0.4 is 0 Å². The van der Waals surface area contributed by atoms with E-state index in [9.17, 15) is 4.79 Å². The van der Waals surface area contributed by atoms with Crippen LogP contribution in [0.4, 0.5) is 0 Å². The van der Waals surface area contributed by atoms with Gasteiger partial charge >= 0.3 is 5.97 Å². The summed E-state index contributed by atoms with van der Waals surface area (Å²) in [5, 5.41) is 8.69. The number of carbonyl (C=O) groups excluding carboxylic acids is 1. The molecule has 4 nitrogen and oxygen atoms in total. The molecule has 0 aliphatic carbocycles. The molecule has 4 heteroatoms. The third-order valence-corrected chi connectivity index (χ3v) is 1.89. The van der Waals surface area contributed by atoms with Crippen molar-refractivity contribution in [1.82, 2.24) is 4.98 Å². The quantitative estimate of drug-likeness (QED) is 0.697. The summed E-state index contributed by atoms with van der Waals surface area (Å²) in [7, 11) is 0. The number of ether oxygens (including phenoxy) is 1. The Balaban J connectivity index is 2.76. The highest BCUT2D eigenvalue weighted by Gasteiger charge is 2.06. The minimum atomic E-state index is -0.297. The Kier molecular flexibility index (Phi) is 3.81. The molecule has 0 bridgehead atoms. The van der Waals surface area contributed by atoms with Gasteiger partial charge in [0.05, 0.1) is 30.0 Å². The average molecular weight is 204 g/mol. The Morgan fingerprint density at radius 1 is 1.60 bits per heavy atom. The molecule has 0 saturated carbocycles. The highest BCUT2D eigenvalue weighted by Crippen LogP contribution is 2.06. The maximum atomic E-state index is 11.2. The minimum Gasteiger partial charge on any atom is -0.466 e. The van der Waals surface area contributed by atoms with Crippen LogP contribution in [0.25, 0.3) is 0 Å². The Hall–Kier alpha value is -1.89. The van der Waals surface area contributed by atoms with Crippen LogP contribution in [-0.2, 0) is 16.0 Å². The molecule has 1 aromatic rings. The lowest BCUT2D eigenvalue weighted by atomic mass is 10.2. The van der Waals surface area contributed by atoms with Crippen molar-refractivity contribution < 1.29 is 9.53 Å². The number of aromatic nitrogens is 1. The van der Waals surface area contributed by atoms with Gasteiger partial charge in [-0.15, -0.1) is 0 Å². The topological polar surface area (TPSA) is 63.0 Å². The van der Waals surface area contributed by atoms with Crippen LogP contribution in [0.3, 0.4) is 0 Å². The van der Waals surface area contributed by atoms with E-state index in [0.29, 0.717) is 23.6 Å². The van der Waals surface area contributed by atoms with E-state index >= 15 is 0 Å². The summed E-state index contributed by atoms with van der Waals surface area (Å²) < 4.78 is 4.80. The number of nitrogens with zero attached hydrogens (tertiary/aromatic N) is 2. The summed E-state index contributed by atoms with van der Waals surface area (Å²) in [6, 6.07) is 5.35. The van der Waals surface area contributed by atoms with Crippen molar-refractivity contribution in [3.8, 4) is 6.07 Å². The van der Waals surface area contributed by atoms with Gasteiger partial charge in [-0.05, 0) is 26.0 Å². The SMILES string of the molecule is CCOC(=O)Cc1ccc(C#N)c(C)n1. The van der Waals surface area contributed by atoms with Gasteiger partial charge in [0.25, 0.3) is 0 Å². The largest absolute Gasteiger partial charge is 0.466 e. The van der Waals surface area contributed by atoms with E-state index < -0.39 is 0 Å². The molecule has 0 radical (unpaired) electrons. The predicted molar refractivity (Wildman–Crippen MR) is 54.0 cm³/mol. The van der Waals surface area contributed by atoms with Crippen molar-refractivity contribution >= 4 is 5.97 Å². The van der Waals surface area contributed by atoms with E-state index in [1.807, 2.05) is 6.07 Å². The second kappa shape index (κ2) is 5.11. The van der Waals surface area contributed by atoms with Gasteiger partial charge in [-0.2, -0.15) is 5.26 Å². The molecular formula is C11H12N2O2. The highest BCUT2D eigenvalue weighted by molar-refractivity contribution is 5.72. The first-order chi connectivity index (χ1) is 7.17. The molecule has 0 aliphatic rings. The number of esters is 1. The molecule has 15 heavy (non-hydrogen) atoms. The van der Waals surface area contributed by atoms with Gasteiger partial charge in [0, 0.05) is 0 Å². The third-order valence-electron chi connectivity index (χ3n) is 1.89. The minimum absolute atomic E-state index is 0.153. The fourth-order valence-electron chi connectivity index (χ4n) is 1.19. The van der Waals surface area contributed by atoms with Gasteiger partial charge in [0.1, 0.15) is 6.07 Å². The normalized spacial score (nSPS) is 9.40. The molecule has 1 rings (SSSR count). The number of nitriles is 1. The molecule has 0 unspecified atom stereocenters. The Labute approximate surface area is 88.5 Å². The molecule has 0 aromatic carbocycles. The zero-order valence-electron chi connectivity index (χ0n) is 8.78. The Morgan fingerprint density at radius 3 is 2.87 bits per heavy atom. The summed E-state index contributed by atoms with van der Waals surface area (Å²) in [6.45, 7) is 3.87. The van der Waals surface area contributed by atoms with Crippen LogP contribution in [0.1, 0.15) is 23.9 Å². The lowest BCUT2D eigenvalue weighted by Gasteiger charge is -2.03. The average Bonchev–Trinajstić information content (AvgIpc) is 2.18. The molecule has 1 heterocycles. The molecule has 78 valence electrons. The van der Waals surface area contributed by atoms with E-state index in [4.69, 9.17) is 10.00 Å². The van der Waals surface area contributed by atoms with Crippen LogP contribution in [-0.4, -0.2) is 17.6 Å². The van der Waals surface area contributed by atoms with E-state index in [1.54, 1.807) is 26.0 Å². The van der Waals surface area contributed by atoms with Crippen molar-refractivity contribution in [3.63, 3.8) is 0 Å². The maximum absolute atomic E-state index is 11.2. The molecule has 0 N–H and O–H groups in total. The first-order valence-electron chi connectivity index (χ1n) is 4.69. The first-order valence-corrected chi connectivity index (χ1v) is 4.69. The molecule has 0 saturated heterocycles. The number of aryl methyl sites for hydroxylation is 1. The summed E-state index contributed by atoms with van der Waals surface area (Å²) in [4.78, 5) is 15.3. The smallest absolute Gasteiger partial charge is 0.311 e. The van der Waals surface area contributed by atoms with Crippen molar-refractivity contribution in [3.05, 3.63) is 29.1 Å². The van der Waals surface area contributed by atoms with Gasteiger partial charge in [-0.3, -0.25) is 9.78 Å². The van der Waals surface area contributed by atoms with E-state index in [1.165, 1.54) is 0 Å². The summed E-state index contributed by atoms with van der Waals surface area (Å²) in [5.41, 5.74) is 1.80. The van der Waals surface area contributed by atoms with Gasteiger partial charge in [0.2, 0.25) is 0 Å². The van der Waals surface area contributed by atoms with Crippen molar-refractivity contribution in [2.75, 3.05) is 6.61 Å². The van der Waals surface area contributed by atoms with Crippen LogP contribution in [0.15, 0.2) is 12.1 Å². The number of carbonyl (C=O) groups is 1. The fraction of sp³-hybridized carbons (Fsp3) is 0.364. The lowest BCUT2D eigenvalue weighted by molar-refractivity contribution is -0.142. The lowest BCUT2D eigenvalue weighted by Crippen LogP contribution is -2.09. The Bertz CT molecular complexity index is 408. The van der Waals surface area contributed by atoms with E-state index in [2.05, 4.69) is 4.98 Å². The molecule has 0 atom stereocenters. The van der Waals surface area contributed by atoms with Crippen molar-refractivity contribution in [2.45, 2.75) is 20.3 Å². The third kappa shape index (κ3) is 3.06. The van der Waals surface area contributed by atoms with Crippen LogP contribution >= 0.6 is 0 Å². The zero-order valence-corrected chi connectivity index (χ0v) is 8.78. The van der Waals surface area contributed by atoms with E-state index in [0.717, 1.165) is 0 Å². The molecular weight excluding hydrogens is 192 g/mol. The fourth-order valence-corrected chi connectivity index (χ4v) is 1.19. The van der Waals surface area contributed by atoms with Gasteiger partial charge < -0.3 is 4.74 Å². The van der Waals surface area contributed by atoms with Gasteiger partial charge in [0.15, 0.2) is 0 Å². The second-order valence-electron chi connectivity index (χ2n) is 3.03. The van der Waals surface area contributed by atoms with E-state index in [-0.39, 0.29) is 12.4 Å². The summed E-state index contributed by atoms with van der Waals surface area (Å²) in [6.07, 6.45) is 0.153. The molecule has 0 fully saturated rings. The van der Waals surface area contributed by atoms with Gasteiger partial charge in [-0.1, -0.05) is 0 Å². The predicted octanol–water partition coefficient (Wildman–Crippen LogP) is 1.37. The summed E-state index contributed by atoms with van der Waals surface area (Å²) in [5.74, 6) is -0.297. The molecule has 0 aliphatic heterocycles. The highest BCUT2D eigenvalue weighted by atomic mass is 16.5. The van der Waals surface area contributed by atoms with Crippen LogP contribution in [0.2, 0.25) is 0 Å². The van der Waals surface area contributed by atoms with Gasteiger partial charge in [-0.25, -0.2) is 0 Å². The standard InChI is InChI=1S/C11H12N2O2/c1-3-15-11(14)6-10-5-4-9(7-12)8(2)13-10/h4-5H,3,6H2,1-2H3. The maximum Gasteiger partial charge on any atom is 0.311 e. The second-order valence-corrected chi connectivity index (χ2v) is 3.03. The first kappa shape index (κ1) is 11.2. The zero-order chi connectivity index (χ0) is 11.3. The summed E-state index contributed by atoms with van der Waals surface area (Å²) >= 11 is 0. The van der Waals surface area contributed by atoms with Crippen molar-refractivity contribution in [1.29, 1.82) is 5.26 Å².